The second kappa shape index (κ2) is 10.1. The Kier molecular flexibility index (Phi) is 6.96. The van der Waals surface area contributed by atoms with Crippen molar-refractivity contribution in [3.05, 3.63) is 59.7 Å². The van der Waals surface area contributed by atoms with Crippen molar-refractivity contribution in [2.24, 2.45) is 11.8 Å². The maximum absolute atomic E-state index is 12.7. The summed E-state index contributed by atoms with van der Waals surface area (Å²) in [5, 5.41) is 14.5. The number of hydrogen-bond acceptors (Lipinski definition) is 4. The molecule has 2 atom stereocenters. The predicted octanol–water partition coefficient (Wildman–Crippen LogP) is 3.92. The Morgan fingerprint density at radius 1 is 1.03 bits per heavy atom. The van der Waals surface area contributed by atoms with E-state index >= 15 is 0 Å². The van der Waals surface area contributed by atoms with E-state index in [9.17, 15) is 14.4 Å². The van der Waals surface area contributed by atoms with Crippen LogP contribution in [0.2, 0.25) is 0 Å². The van der Waals surface area contributed by atoms with Crippen molar-refractivity contribution in [3.63, 3.8) is 0 Å². The number of ether oxygens (including phenoxy) is 1. The lowest BCUT2D eigenvalue weighted by molar-refractivity contribution is -0.141. The molecule has 0 aromatic heterocycles. The Bertz CT molecular complexity index is 987. The summed E-state index contributed by atoms with van der Waals surface area (Å²) in [6, 6.07) is 15.6. The fourth-order valence-corrected chi connectivity index (χ4v) is 4.36. The Labute approximate surface area is 193 Å². The molecule has 0 heterocycles. The number of carboxylic acid groups (broad SMARTS) is 1. The van der Waals surface area contributed by atoms with Gasteiger partial charge in [-0.25, -0.2) is 4.79 Å². The van der Waals surface area contributed by atoms with E-state index in [0.29, 0.717) is 18.8 Å². The number of fused-ring (bicyclic) bond motifs is 3. The van der Waals surface area contributed by atoms with Crippen molar-refractivity contribution < 1.29 is 24.2 Å². The number of carbonyl (C=O) groups is 3. The molecule has 2 aromatic carbocycles. The van der Waals surface area contributed by atoms with Crippen molar-refractivity contribution in [2.75, 3.05) is 13.2 Å². The molecular weight excluding hydrogens is 420 g/mol. The van der Waals surface area contributed by atoms with E-state index in [2.05, 4.69) is 34.9 Å². The number of alkyl carbamates (subject to hydrolysis) is 1. The molecule has 1 saturated carbocycles. The highest BCUT2D eigenvalue weighted by atomic mass is 16.5. The van der Waals surface area contributed by atoms with Crippen LogP contribution < -0.4 is 10.6 Å². The van der Waals surface area contributed by atoms with E-state index in [1.807, 2.05) is 24.3 Å². The molecule has 2 aromatic rings. The average molecular weight is 451 g/mol. The van der Waals surface area contributed by atoms with E-state index in [1.165, 1.54) is 0 Å². The zero-order chi connectivity index (χ0) is 23.4. The molecule has 0 radical (unpaired) electrons. The molecule has 0 aliphatic heterocycles. The van der Waals surface area contributed by atoms with Crippen LogP contribution >= 0.6 is 0 Å². The van der Waals surface area contributed by atoms with Crippen LogP contribution in [-0.4, -0.2) is 42.3 Å². The third kappa shape index (κ3) is 5.53. The summed E-state index contributed by atoms with van der Waals surface area (Å²) in [4.78, 5) is 36.2. The standard InChI is InChI=1S/C26H30N2O5/c1-16(25(30)31)12-13-27-24(29)23(14-17-10-11-17)28-26(32)33-15-22-20-8-4-2-6-18(20)19-7-3-5-9-21(19)22/h2-9,16-17,22-23H,10-15H2,1H3,(H,27,29)(H,28,32)(H,30,31)/t16?,23-/m0/s1. The van der Waals surface area contributed by atoms with E-state index in [4.69, 9.17) is 9.84 Å². The molecule has 174 valence electrons. The molecule has 0 bridgehead atoms. The monoisotopic (exact) mass is 450 g/mol. The Balaban J connectivity index is 1.34. The predicted molar refractivity (Wildman–Crippen MR) is 124 cm³/mol. The molecule has 1 unspecified atom stereocenters. The van der Waals surface area contributed by atoms with E-state index < -0.39 is 24.0 Å². The van der Waals surface area contributed by atoms with Crippen LogP contribution in [0, 0.1) is 11.8 Å². The van der Waals surface area contributed by atoms with Crippen molar-refractivity contribution in [3.8, 4) is 11.1 Å². The molecule has 3 N–H and O–H groups in total. The highest BCUT2D eigenvalue weighted by Crippen LogP contribution is 2.44. The number of amides is 2. The summed E-state index contributed by atoms with van der Waals surface area (Å²) in [7, 11) is 0. The normalized spacial score (nSPS) is 16.3. The SMILES string of the molecule is CC(CCNC(=O)[C@H](CC1CC1)NC(=O)OCC1c2ccccc2-c2ccccc21)C(=O)O. The zero-order valence-corrected chi connectivity index (χ0v) is 18.8. The molecule has 2 aliphatic rings. The van der Waals surface area contributed by atoms with Crippen LogP contribution in [0.1, 0.15) is 49.7 Å². The third-order valence-corrected chi connectivity index (χ3v) is 6.52. The van der Waals surface area contributed by atoms with Crippen LogP contribution in [-0.2, 0) is 14.3 Å². The van der Waals surface area contributed by atoms with Crippen molar-refractivity contribution in [1.29, 1.82) is 0 Å². The van der Waals surface area contributed by atoms with Gasteiger partial charge in [0.15, 0.2) is 0 Å². The molecule has 33 heavy (non-hydrogen) atoms. The summed E-state index contributed by atoms with van der Waals surface area (Å²) < 4.78 is 5.59. The fourth-order valence-electron chi connectivity index (χ4n) is 4.36. The minimum Gasteiger partial charge on any atom is -0.481 e. The lowest BCUT2D eigenvalue weighted by Crippen LogP contribution is -2.47. The van der Waals surface area contributed by atoms with E-state index in [0.717, 1.165) is 35.1 Å². The number of benzene rings is 2. The molecule has 7 nitrogen and oxygen atoms in total. The maximum Gasteiger partial charge on any atom is 0.407 e. The van der Waals surface area contributed by atoms with Crippen LogP contribution in [0.3, 0.4) is 0 Å². The van der Waals surface area contributed by atoms with Gasteiger partial charge in [-0.15, -0.1) is 0 Å². The van der Waals surface area contributed by atoms with Gasteiger partial charge < -0.3 is 20.5 Å². The largest absolute Gasteiger partial charge is 0.481 e. The van der Waals surface area contributed by atoms with Gasteiger partial charge in [0.05, 0.1) is 5.92 Å². The number of carbonyl (C=O) groups excluding carboxylic acids is 2. The highest BCUT2D eigenvalue weighted by Gasteiger charge is 2.32. The quantitative estimate of drug-likeness (QED) is 0.509. The first-order valence-electron chi connectivity index (χ1n) is 11.6. The van der Waals surface area contributed by atoms with E-state index in [1.54, 1.807) is 6.92 Å². The van der Waals surface area contributed by atoms with Crippen molar-refractivity contribution in [1.82, 2.24) is 10.6 Å². The van der Waals surface area contributed by atoms with Crippen LogP contribution in [0.25, 0.3) is 11.1 Å². The van der Waals surface area contributed by atoms with Gasteiger partial charge in [-0.1, -0.05) is 68.3 Å². The highest BCUT2D eigenvalue weighted by molar-refractivity contribution is 5.86. The van der Waals surface area contributed by atoms with Gasteiger partial charge in [0.2, 0.25) is 5.91 Å². The first-order valence-corrected chi connectivity index (χ1v) is 11.6. The van der Waals surface area contributed by atoms with Crippen molar-refractivity contribution in [2.45, 2.75) is 44.6 Å². The summed E-state index contributed by atoms with van der Waals surface area (Å²) in [6.45, 7) is 2.04. The lowest BCUT2D eigenvalue weighted by Gasteiger charge is -2.20. The molecular formula is C26H30N2O5. The fraction of sp³-hybridized carbons (Fsp3) is 0.423. The average Bonchev–Trinajstić information content (AvgIpc) is 3.57. The number of hydrogen-bond donors (Lipinski definition) is 3. The van der Waals surface area contributed by atoms with Gasteiger partial charge in [0, 0.05) is 12.5 Å². The smallest absolute Gasteiger partial charge is 0.407 e. The van der Waals surface area contributed by atoms with Crippen LogP contribution in [0.5, 0.6) is 0 Å². The Morgan fingerprint density at radius 2 is 1.64 bits per heavy atom. The van der Waals surface area contributed by atoms with Gasteiger partial charge in [-0.2, -0.15) is 0 Å². The first kappa shape index (κ1) is 22.8. The van der Waals surface area contributed by atoms with Gasteiger partial charge in [0.1, 0.15) is 12.6 Å². The topological polar surface area (TPSA) is 105 Å². The minimum atomic E-state index is -0.893. The molecule has 0 saturated heterocycles. The van der Waals surface area contributed by atoms with Crippen LogP contribution in [0.15, 0.2) is 48.5 Å². The summed E-state index contributed by atoms with van der Waals surface area (Å²) in [5.41, 5.74) is 4.57. The minimum absolute atomic E-state index is 0.0450. The summed E-state index contributed by atoms with van der Waals surface area (Å²) in [6.07, 6.45) is 2.38. The second-order valence-electron chi connectivity index (χ2n) is 9.02. The van der Waals surface area contributed by atoms with Gasteiger partial charge >= 0.3 is 12.1 Å². The van der Waals surface area contributed by atoms with Gasteiger partial charge in [0.25, 0.3) is 0 Å². The van der Waals surface area contributed by atoms with Crippen LogP contribution in [0.4, 0.5) is 4.79 Å². The van der Waals surface area contributed by atoms with Crippen molar-refractivity contribution >= 4 is 18.0 Å². The van der Waals surface area contributed by atoms with Gasteiger partial charge in [-0.3, -0.25) is 9.59 Å². The lowest BCUT2D eigenvalue weighted by atomic mass is 9.98. The second-order valence-corrected chi connectivity index (χ2v) is 9.02. The summed E-state index contributed by atoms with van der Waals surface area (Å²) >= 11 is 0. The Morgan fingerprint density at radius 3 is 2.21 bits per heavy atom. The molecule has 1 fully saturated rings. The Hall–Kier alpha value is -3.35. The maximum atomic E-state index is 12.7. The molecule has 0 spiro atoms. The zero-order valence-electron chi connectivity index (χ0n) is 18.8. The third-order valence-electron chi connectivity index (χ3n) is 6.52. The summed E-state index contributed by atoms with van der Waals surface area (Å²) in [5.74, 6) is -1.35. The molecule has 7 heteroatoms. The molecule has 2 aliphatic carbocycles. The molecule has 4 rings (SSSR count). The van der Waals surface area contributed by atoms with E-state index in [-0.39, 0.29) is 25.0 Å². The molecule has 2 amide bonds. The number of aliphatic carboxylic acids is 1. The number of nitrogens with one attached hydrogen (secondary N) is 2. The number of rotatable bonds is 10. The number of carboxylic acids is 1. The van der Waals surface area contributed by atoms with Gasteiger partial charge in [-0.05, 0) is 41.0 Å². The first-order chi connectivity index (χ1) is 15.9.